The number of nitrogens with zero attached hydrogens (tertiary/aromatic N) is 1. The number of carbonyl (C=O) groups is 3. The predicted molar refractivity (Wildman–Crippen MR) is 128 cm³/mol. The molecule has 1 heterocycles. The minimum atomic E-state index is -0.570. The van der Waals surface area contributed by atoms with Gasteiger partial charge in [-0.05, 0) is 35.4 Å². The van der Waals surface area contributed by atoms with E-state index in [2.05, 4.69) is 5.32 Å². The van der Waals surface area contributed by atoms with Gasteiger partial charge in [0.1, 0.15) is 0 Å². The number of hydrogen-bond acceptors (Lipinski definition) is 4. The number of anilines is 1. The molecule has 3 aromatic rings. The molecule has 1 aliphatic rings. The molecule has 0 saturated carbocycles. The summed E-state index contributed by atoms with van der Waals surface area (Å²) in [6.07, 6.45) is 0.0883. The van der Waals surface area contributed by atoms with E-state index in [1.54, 1.807) is 36.4 Å². The van der Waals surface area contributed by atoms with Crippen molar-refractivity contribution in [2.45, 2.75) is 17.7 Å². The number of hydrogen-bond donors (Lipinski definition) is 1. The van der Waals surface area contributed by atoms with E-state index in [0.29, 0.717) is 10.7 Å². The van der Waals surface area contributed by atoms with E-state index in [0.717, 1.165) is 11.1 Å². The average molecular weight is 465 g/mol. The van der Waals surface area contributed by atoms with Gasteiger partial charge in [-0.1, -0.05) is 72.3 Å². The zero-order valence-electron chi connectivity index (χ0n) is 17.1. The molecule has 0 unspecified atom stereocenters. The van der Waals surface area contributed by atoms with Gasteiger partial charge in [-0.2, -0.15) is 0 Å². The number of halogens is 1. The lowest BCUT2D eigenvalue weighted by Crippen LogP contribution is -2.33. The van der Waals surface area contributed by atoms with Gasteiger partial charge in [0.15, 0.2) is 0 Å². The summed E-state index contributed by atoms with van der Waals surface area (Å²) in [5.74, 6) is -0.667. The molecular formula is C25H21ClN2O3S. The number of thioether (sulfide) groups is 1. The van der Waals surface area contributed by atoms with E-state index < -0.39 is 5.25 Å². The van der Waals surface area contributed by atoms with Gasteiger partial charge >= 0.3 is 0 Å². The third-order valence-electron chi connectivity index (χ3n) is 5.18. The highest BCUT2D eigenvalue weighted by Gasteiger charge is 2.40. The molecule has 3 aromatic carbocycles. The standard InChI is InChI=1S/C25H21ClN2O3S/c26-19-13-11-18(12-14-19)24(17-7-3-1-4-8-17)27-22(29)16-32-21-15-23(30)28(25(21)31)20-9-5-2-6-10-20/h1-14,21,24H,15-16H2,(H,27,29)/t21-,24-/m1/s1. The second kappa shape index (κ2) is 10.0. The molecule has 0 aliphatic carbocycles. The van der Waals surface area contributed by atoms with Crippen LogP contribution in [0.1, 0.15) is 23.6 Å². The number of benzene rings is 3. The summed E-state index contributed by atoms with van der Waals surface area (Å²) in [7, 11) is 0. The topological polar surface area (TPSA) is 66.5 Å². The molecule has 32 heavy (non-hydrogen) atoms. The predicted octanol–water partition coefficient (Wildman–Crippen LogP) is 4.61. The van der Waals surface area contributed by atoms with Crippen LogP contribution in [0.5, 0.6) is 0 Å². The molecule has 1 fully saturated rings. The highest BCUT2D eigenvalue weighted by Crippen LogP contribution is 2.30. The molecule has 1 aliphatic heterocycles. The van der Waals surface area contributed by atoms with Crippen LogP contribution in [-0.2, 0) is 14.4 Å². The van der Waals surface area contributed by atoms with E-state index >= 15 is 0 Å². The number of para-hydroxylation sites is 1. The maximum Gasteiger partial charge on any atom is 0.247 e. The van der Waals surface area contributed by atoms with Crippen molar-refractivity contribution < 1.29 is 14.4 Å². The molecule has 0 radical (unpaired) electrons. The van der Waals surface area contributed by atoms with Crippen LogP contribution in [-0.4, -0.2) is 28.7 Å². The molecule has 3 amide bonds. The van der Waals surface area contributed by atoms with Gasteiger partial charge < -0.3 is 5.32 Å². The monoisotopic (exact) mass is 464 g/mol. The third-order valence-corrected chi connectivity index (χ3v) is 6.63. The number of imide groups is 1. The smallest absolute Gasteiger partial charge is 0.247 e. The molecule has 1 N–H and O–H groups in total. The first-order valence-electron chi connectivity index (χ1n) is 10.2. The molecule has 1 saturated heterocycles. The van der Waals surface area contributed by atoms with Crippen molar-refractivity contribution in [1.29, 1.82) is 0 Å². The van der Waals surface area contributed by atoms with E-state index in [1.807, 2.05) is 48.5 Å². The SMILES string of the molecule is O=C(CS[C@@H]1CC(=O)N(c2ccccc2)C1=O)N[C@H](c1ccccc1)c1ccc(Cl)cc1. The lowest BCUT2D eigenvalue weighted by molar-refractivity contribution is -0.121. The zero-order chi connectivity index (χ0) is 22.5. The Hall–Kier alpha value is -3.09. The van der Waals surface area contributed by atoms with Crippen LogP contribution in [0, 0.1) is 0 Å². The molecule has 0 bridgehead atoms. The van der Waals surface area contributed by atoms with Crippen molar-refractivity contribution in [3.8, 4) is 0 Å². The van der Waals surface area contributed by atoms with Gasteiger partial charge in [0.2, 0.25) is 17.7 Å². The minimum absolute atomic E-state index is 0.0727. The Morgan fingerprint density at radius 2 is 1.53 bits per heavy atom. The Balaban J connectivity index is 1.42. The van der Waals surface area contributed by atoms with E-state index in [4.69, 9.17) is 11.6 Å². The van der Waals surface area contributed by atoms with Crippen molar-refractivity contribution in [3.05, 3.63) is 101 Å². The minimum Gasteiger partial charge on any atom is -0.344 e. The lowest BCUT2D eigenvalue weighted by Gasteiger charge is -2.20. The Morgan fingerprint density at radius 3 is 2.19 bits per heavy atom. The quantitative estimate of drug-likeness (QED) is 0.518. The Morgan fingerprint density at radius 1 is 0.938 bits per heavy atom. The summed E-state index contributed by atoms with van der Waals surface area (Å²) >= 11 is 7.21. The van der Waals surface area contributed by atoms with Crippen molar-refractivity contribution in [3.63, 3.8) is 0 Å². The number of carbonyl (C=O) groups excluding carboxylic acids is 3. The van der Waals surface area contributed by atoms with Crippen LogP contribution >= 0.6 is 23.4 Å². The zero-order valence-corrected chi connectivity index (χ0v) is 18.7. The average Bonchev–Trinajstić information content (AvgIpc) is 3.11. The van der Waals surface area contributed by atoms with Gasteiger partial charge in [-0.25, -0.2) is 4.90 Å². The number of amides is 3. The van der Waals surface area contributed by atoms with Crippen molar-refractivity contribution in [2.75, 3.05) is 10.7 Å². The van der Waals surface area contributed by atoms with Crippen LogP contribution in [0.25, 0.3) is 0 Å². The van der Waals surface area contributed by atoms with Crippen LogP contribution in [0.4, 0.5) is 5.69 Å². The first kappa shape index (κ1) is 22.1. The summed E-state index contributed by atoms with van der Waals surface area (Å²) in [6, 6.07) is 25.5. The van der Waals surface area contributed by atoms with Crippen LogP contribution in [0.2, 0.25) is 5.02 Å². The molecule has 7 heteroatoms. The van der Waals surface area contributed by atoms with Crippen LogP contribution in [0.3, 0.4) is 0 Å². The Bertz CT molecular complexity index is 1110. The second-order valence-electron chi connectivity index (χ2n) is 7.37. The number of nitrogens with one attached hydrogen (secondary N) is 1. The fourth-order valence-corrected chi connectivity index (χ4v) is 4.69. The Kier molecular flexibility index (Phi) is 6.93. The van der Waals surface area contributed by atoms with Gasteiger partial charge in [0.05, 0.1) is 22.7 Å². The number of rotatable bonds is 7. The van der Waals surface area contributed by atoms with Crippen molar-refractivity contribution in [1.82, 2.24) is 5.32 Å². The summed E-state index contributed by atoms with van der Waals surface area (Å²) in [4.78, 5) is 39.2. The molecule has 2 atom stereocenters. The maximum atomic E-state index is 12.8. The molecule has 4 rings (SSSR count). The Labute approximate surface area is 195 Å². The van der Waals surface area contributed by atoms with Gasteiger partial charge in [0.25, 0.3) is 0 Å². The van der Waals surface area contributed by atoms with Crippen LogP contribution < -0.4 is 10.2 Å². The molecule has 0 spiro atoms. The first-order chi connectivity index (χ1) is 15.5. The second-order valence-corrected chi connectivity index (χ2v) is 9.00. The normalized spacial score (nSPS) is 16.8. The summed E-state index contributed by atoms with van der Waals surface area (Å²) in [5.41, 5.74) is 2.40. The van der Waals surface area contributed by atoms with Crippen molar-refractivity contribution >= 4 is 46.8 Å². The highest BCUT2D eigenvalue weighted by molar-refractivity contribution is 8.01. The largest absolute Gasteiger partial charge is 0.344 e. The molecular weight excluding hydrogens is 444 g/mol. The van der Waals surface area contributed by atoms with E-state index in [1.165, 1.54) is 16.7 Å². The van der Waals surface area contributed by atoms with Gasteiger partial charge in [-0.15, -0.1) is 11.8 Å². The molecule has 162 valence electrons. The first-order valence-corrected chi connectivity index (χ1v) is 11.6. The third kappa shape index (κ3) is 5.03. The van der Waals surface area contributed by atoms with E-state index in [-0.39, 0.29) is 35.9 Å². The van der Waals surface area contributed by atoms with Crippen LogP contribution in [0.15, 0.2) is 84.9 Å². The molecule has 5 nitrogen and oxygen atoms in total. The fraction of sp³-hybridized carbons (Fsp3) is 0.160. The van der Waals surface area contributed by atoms with Crippen molar-refractivity contribution in [2.24, 2.45) is 0 Å². The van der Waals surface area contributed by atoms with Gasteiger partial charge in [-0.3, -0.25) is 14.4 Å². The highest BCUT2D eigenvalue weighted by atomic mass is 35.5. The summed E-state index contributed by atoms with van der Waals surface area (Å²) < 4.78 is 0. The fourth-order valence-electron chi connectivity index (χ4n) is 3.62. The van der Waals surface area contributed by atoms with E-state index in [9.17, 15) is 14.4 Å². The summed E-state index contributed by atoms with van der Waals surface area (Å²) in [6.45, 7) is 0. The van der Waals surface area contributed by atoms with Gasteiger partial charge in [0, 0.05) is 11.4 Å². The maximum absolute atomic E-state index is 12.8. The molecule has 0 aromatic heterocycles. The lowest BCUT2D eigenvalue weighted by atomic mass is 9.99. The summed E-state index contributed by atoms with van der Waals surface area (Å²) in [5, 5.41) is 3.10.